The van der Waals surface area contributed by atoms with Gasteiger partial charge in [-0.05, 0) is 6.42 Å². The Morgan fingerprint density at radius 1 is 1.56 bits per heavy atom. The van der Waals surface area contributed by atoms with E-state index in [0.717, 1.165) is 18.7 Å². The average molecular weight is 249 g/mol. The van der Waals surface area contributed by atoms with Crippen molar-refractivity contribution in [1.82, 2.24) is 35.5 Å². The van der Waals surface area contributed by atoms with Crippen molar-refractivity contribution < 1.29 is 4.79 Å². The summed E-state index contributed by atoms with van der Waals surface area (Å²) >= 11 is 0. The van der Waals surface area contributed by atoms with Gasteiger partial charge in [-0.15, -0.1) is 10.2 Å². The second-order valence-corrected chi connectivity index (χ2v) is 3.78. The predicted molar refractivity (Wildman–Crippen MR) is 62.7 cm³/mol. The zero-order valence-electron chi connectivity index (χ0n) is 10.1. The molecule has 0 aliphatic rings. The van der Waals surface area contributed by atoms with Crippen LogP contribution in [0.25, 0.3) is 0 Å². The molecule has 1 amide bonds. The van der Waals surface area contributed by atoms with Gasteiger partial charge in [0.25, 0.3) is 5.91 Å². The maximum Gasteiger partial charge on any atom is 0.291 e. The molecule has 8 heteroatoms. The minimum Gasteiger partial charge on any atom is -0.347 e. The van der Waals surface area contributed by atoms with E-state index in [1.165, 1.54) is 0 Å². The fourth-order valence-electron chi connectivity index (χ4n) is 1.46. The van der Waals surface area contributed by atoms with Gasteiger partial charge in [-0.1, -0.05) is 12.1 Å². The Hall–Kier alpha value is -2.25. The Balaban J connectivity index is 1.80. The van der Waals surface area contributed by atoms with E-state index in [0.29, 0.717) is 13.1 Å². The molecule has 0 unspecified atom stereocenters. The molecular weight excluding hydrogens is 234 g/mol. The number of aryl methyl sites for hydroxylation is 1. The van der Waals surface area contributed by atoms with Crippen LogP contribution in [0.4, 0.5) is 0 Å². The van der Waals surface area contributed by atoms with E-state index in [4.69, 9.17) is 0 Å². The van der Waals surface area contributed by atoms with E-state index in [-0.39, 0.29) is 11.7 Å². The van der Waals surface area contributed by atoms with Gasteiger partial charge in [0.1, 0.15) is 5.82 Å². The molecule has 0 saturated heterocycles. The van der Waals surface area contributed by atoms with Crippen molar-refractivity contribution in [3.05, 3.63) is 24.0 Å². The van der Waals surface area contributed by atoms with Gasteiger partial charge in [-0.3, -0.25) is 14.6 Å². The van der Waals surface area contributed by atoms with Crippen LogP contribution >= 0.6 is 0 Å². The molecule has 0 aromatic carbocycles. The van der Waals surface area contributed by atoms with Gasteiger partial charge in [0, 0.05) is 19.2 Å². The molecule has 18 heavy (non-hydrogen) atoms. The van der Waals surface area contributed by atoms with Crippen LogP contribution in [-0.2, 0) is 13.0 Å². The lowest BCUT2D eigenvalue weighted by atomic mass is 10.3. The zero-order valence-corrected chi connectivity index (χ0v) is 10.1. The first kappa shape index (κ1) is 12.2. The van der Waals surface area contributed by atoms with Gasteiger partial charge >= 0.3 is 0 Å². The lowest BCUT2D eigenvalue weighted by Gasteiger charge is -2.01. The monoisotopic (exact) mass is 249 g/mol. The lowest BCUT2D eigenvalue weighted by Crippen LogP contribution is -2.28. The number of aromatic amines is 1. The van der Waals surface area contributed by atoms with E-state index in [1.807, 2.05) is 6.92 Å². The Morgan fingerprint density at radius 2 is 2.44 bits per heavy atom. The topological polar surface area (TPSA) is 101 Å². The van der Waals surface area contributed by atoms with E-state index in [1.54, 1.807) is 17.1 Å². The predicted octanol–water partition coefficient (Wildman–Crippen LogP) is -0.221. The Kier molecular flexibility index (Phi) is 4.00. The van der Waals surface area contributed by atoms with Gasteiger partial charge in [-0.2, -0.15) is 0 Å². The van der Waals surface area contributed by atoms with Crippen molar-refractivity contribution in [2.45, 2.75) is 26.3 Å². The molecule has 2 rings (SSSR count). The normalized spacial score (nSPS) is 10.5. The SMILES string of the molecule is CCCc1nc(C(=O)NCCn2ccnn2)n[nH]1. The van der Waals surface area contributed by atoms with Crippen molar-refractivity contribution in [3.63, 3.8) is 0 Å². The first-order valence-electron chi connectivity index (χ1n) is 5.83. The maximum atomic E-state index is 11.7. The van der Waals surface area contributed by atoms with Crippen LogP contribution in [0.5, 0.6) is 0 Å². The molecule has 2 N–H and O–H groups in total. The molecule has 0 saturated carbocycles. The van der Waals surface area contributed by atoms with Crippen molar-refractivity contribution in [1.29, 1.82) is 0 Å². The van der Waals surface area contributed by atoms with Crippen LogP contribution < -0.4 is 5.32 Å². The summed E-state index contributed by atoms with van der Waals surface area (Å²) in [5.74, 6) is 0.629. The quantitative estimate of drug-likeness (QED) is 0.737. The summed E-state index contributed by atoms with van der Waals surface area (Å²) in [6.07, 6.45) is 5.08. The summed E-state index contributed by atoms with van der Waals surface area (Å²) in [5.41, 5.74) is 0. The average Bonchev–Trinajstić information content (AvgIpc) is 3.00. The van der Waals surface area contributed by atoms with E-state index in [2.05, 4.69) is 30.8 Å². The Labute approximate surface area is 104 Å². The molecule has 2 aromatic rings. The van der Waals surface area contributed by atoms with Crippen LogP contribution in [0.3, 0.4) is 0 Å². The van der Waals surface area contributed by atoms with Crippen LogP contribution in [0.1, 0.15) is 29.8 Å². The van der Waals surface area contributed by atoms with E-state index < -0.39 is 0 Å². The zero-order chi connectivity index (χ0) is 12.8. The second kappa shape index (κ2) is 5.89. The summed E-state index contributed by atoms with van der Waals surface area (Å²) in [6, 6.07) is 0. The van der Waals surface area contributed by atoms with E-state index in [9.17, 15) is 4.79 Å². The van der Waals surface area contributed by atoms with Crippen LogP contribution in [0, 0.1) is 0 Å². The number of hydrogen-bond donors (Lipinski definition) is 2. The highest BCUT2D eigenvalue weighted by molar-refractivity contribution is 5.90. The molecule has 2 heterocycles. The smallest absolute Gasteiger partial charge is 0.291 e. The summed E-state index contributed by atoms with van der Waals surface area (Å²) in [6.45, 7) is 3.07. The molecule has 0 atom stereocenters. The number of carbonyl (C=O) groups is 1. The highest BCUT2D eigenvalue weighted by Crippen LogP contribution is 1.96. The number of H-pyrrole nitrogens is 1. The van der Waals surface area contributed by atoms with Gasteiger partial charge in [0.15, 0.2) is 0 Å². The highest BCUT2D eigenvalue weighted by Gasteiger charge is 2.11. The first-order valence-corrected chi connectivity index (χ1v) is 5.83. The number of nitrogens with one attached hydrogen (secondary N) is 2. The molecular formula is C10H15N7O. The standard InChI is InChI=1S/C10H15N7O/c1-2-3-8-13-9(15-14-8)10(18)11-4-6-17-7-5-12-16-17/h5,7H,2-4,6H2,1H3,(H,11,18)(H,13,14,15). The lowest BCUT2D eigenvalue weighted by molar-refractivity contribution is 0.0942. The third-order valence-electron chi connectivity index (χ3n) is 2.32. The molecule has 0 aliphatic heterocycles. The molecule has 0 radical (unpaired) electrons. The number of aromatic nitrogens is 6. The van der Waals surface area contributed by atoms with Crippen molar-refractivity contribution >= 4 is 5.91 Å². The van der Waals surface area contributed by atoms with Crippen LogP contribution in [-0.4, -0.2) is 42.6 Å². The van der Waals surface area contributed by atoms with Gasteiger partial charge in [0.2, 0.25) is 5.82 Å². The molecule has 0 bridgehead atoms. The summed E-state index contributed by atoms with van der Waals surface area (Å²) in [5, 5.41) is 16.8. The third-order valence-corrected chi connectivity index (χ3v) is 2.32. The Morgan fingerprint density at radius 3 is 3.17 bits per heavy atom. The fourth-order valence-corrected chi connectivity index (χ4v) is 1.46. The van der Waals surface area contributed by atoms with Crippen LogP contribution in [0.15, 0.2) is 12.4 Å². The summed E-state index contributed by atoms with van der Waals surface area (Å²) < 4.78 is 1.64. The third kappa shape index (κ3) is 3.12. The van der Waals surface area contributed by atoms with Gasteiger partial charge in [-0.25, -0.2) is 4.98 Å². The fraction of sp³-hybridized carbons (Fsp3) is 0.500. The summed E-state index contributed by atoms with van der Waals surface area (Å²) in [7, 11) is 0. The molecule has 0 fully saturated rings. The molecule has 96 valence electrons. The van der Waals surface area contributed by atoms with Crippen molar-refractivity contribution in [2.75, 3.05) is 6.54 Å². The number of nitrogens with zero attached hydrogens (tertiary/aromatic N) is 5. The molecule has 8 nitrogen and oxygen atoms in total. The largest absolute Gasteiger partial charge is 0.347 e. The number of hydrogen-bond acceptors (Lipinski definition) is 5. The van der Waals surface area contributed by atoms with Crippen molar-refractivity contribution in [2.24, 2.45) is 0 Å². The highest BCUT2D eigenvalue weighted by atomic mass is 16.2. The first-order chi connectivity index (χ1) is 8.79. The number of carbonyl (C=O) groups excluding carboxylic acids is 1. The van der Waals surface area contributed by atoms with Gasteiger partial charge < -0.3 is 5.32 Å². The maximum absolute atomic E-state index is 11.7. The van der Waals surface area contributed by atoms with E-state index >= 15 is 0 Å². The second-order valence-electron chi connectivity index (χ2n) is 3.78. The Bertz CT molecular complexity index is 490. The minimum absolute atomic E-state index is 0.178. The van der Waals surface area contributed by atoms with Crippen LogP contribution in [0.2, 0.25) is 0 Å². The number of rotatable bonds is 6. The molecule has 0 aliphatic carbocycles. The minimum atomic E-state index is -0.284. The van der Waals surface area contributed by atoms with Gasteiger partial charge in [0.05, 0.1) is 12.7 Å². The molecule has 2 aromatic heterocycles. The van der Waals surface area contributed by atoms with Crippen molar-refractivity contribution in [3.8, 4) is 0 Å². The molecule has 0 spiro atoms. The summed E-state index contributed by atoms with van der Waals surface area (Å²) in [4.78, 5) is 15.8. The number of amides is 1.